The number of hydrogen-bond acceptors (Lipinski definition) is 6. The van der Waals surface area contributed by atoms with Crippen LogP contribution in [0.3, 0.4) is 0 Å². The maximum atomic E-state index is 11.7. The van der Waals surface area contributed by atoms with Crippen molar-refractivity contribution in [3.8, 4) is 0 Å². The molecule has 43 heavy (non-hydrogen) atoms. The number of benzene rings is 4. The van der Waals surface area contributed by atoms with Crippen molar-refractivity contribution in [1.82, 2.24) is 0 Å². The van der Waals surface area contributed by atoms with E-state index >= 15 is 0 Å². The van der Waals surface area contributed by atoms with Gasteiger partial charge in [-0.3, -0.25) is 0 Å². The molecule has 6 nitrogen and oxygen atoms in total. The Labute approximate surface area is 255 Å². The second kappa shape index (κ2) is 14.0. The van der Waals surface area contributed by atoms with Crippen LogP contribution in [0.4, 0.5) is 0 Å². The van der Waals surface area contributed by atoms with Crippen molar-refractivity contribution < 1.29 is 28.8 Å². The molecule has 0 amide bonds. The van der Waals surface area contributed by atoms with Crippen LogP contribution in [0.5, 0.6) is 0 Å². The van der Waals surface area contributed by atoms with E-state index in [1.807, 2.05) is 142 Å². The van der Waals surface area contributed by atoms with Gasteiger partial charge in [-0.1, -0.05) is 121 Å². The molecule has 0 saturated carbocycles. The molecule has 5 atom stereocenters. The van der Waals surface area contributed by atoms with Crippen molar-refractivity contribution in [3.05, 3.63) is 144 Å². The molecule has 226 valence electrons. The molecule has 4 aromatic carbocycles. The number of ether oxygens (including phenoxy) is 5. The van der Waals surface area contributed by atoms with Gasteiger partial charge in [-0.05, 0) is 43.0 Å². The van der Waals surface area contributed by atoms with Gasteiger partial charge >= 0.3 is 0 Å². The highest BCUT2D eigenvalue weighted by molar-refractivity contribution is 5.21. The number of aliphatic hydroxyl groups excluding tert-OH is 1. The maximum absolute atomic E-state index is 11.7. The molecule has 1 saturated heterocycles. The minimum absolute atomic E-state index is 0.177. The highest BCUT2D eigenvalue weighted by atomic mass is 16.7. The third-order valence-corrected chi connectivity index (χ3v) is 8.79. The highest BCUT2D eigenvalue weighted by Gasteiger charge is 2.69. The third kappa shape index (κ3) is 6.91. The van der Waals surface area contributed by atoms with E-state index in [1.165, 1.54) is 0 Å². The Balaban J connectivity index is 1.49. The molecule has 0 spiro atoms. The molecule has 5 rings (SSSR count). The summed E-state index contributed by atoms with van der Waals surface area (Å²) in [6.45, 7) is 7.21. The van der Waals surface area contributed by atoms with E-state index in [2.05, 4.69) is 0 Å². The molecule has 4 aromatic rings. The van der Waals surface area contributed by atoms with Gasteiger partial charge in [-0.2, -0.15) is 0 Å². The van der Waals surface area contributed by atoms with Gasteiger partial charge in [0.2, 0.25) is 0 Å². The zero-order chi connectivity index (χ0) is 30.2. The first kappa shape index (κ1) is 31.1. The summed E-state index contributed by atoms with van der Waals surface area (Å²) < 4.78 is 32.9. The van der Waals surface area contributed by atoms with Gasteiger partial charge in [0.25, 0.3) is 0 Å². The van der Waals surface area contributed by atoms with Crippen molar-refractivity contribution in [2.24, 2.45) is 0 Å². The average Bonchev–Trinajstić information content (AvgIpc) is 3.05. The Morgan fingerprint density at radius 1 is 0.535 bits per heavy atom. The van der Waals surface area contributed by atoms with E-state index < -0.39 is 29.2 Å². The quantitative estimate of drug-likeness (QED) is 0.186. The molecule has 0 radical (unpaired) electrons. The molecule has 1 heterocycles. The molecule has 1 aliphatic heterocycles. The largest absolute Gasteiger partial charge is 0.374 e. The minimum Gasteiger partial charge on any atom is -0.374 e. The summed E-state index contributed by atoms with van der Waals surface area (Å²) >= 11 is 0. The van der Waals surface area contributed by atoms with Crippen LogP contribution < -0.4 is 0 Å². The number of rotatable bonds is 13. The molecule has 1 aliphatic rings. The van der Waals surface area contributed by atoms with Crippen LogP contribution in [0, 0.1) is 0 Å². The Morgan fingerprint density at radius 2 is 0.907 bits per heavy atom. The zero-order valence-corrected chi connectivity index (χ0v) is 25.2. The van der Waals surface area contributed by atoms with Crippen molar-refractivity contribution in [2.45, 2.75) is 76.4 Å². The second-order valence-corrected chi connectivity index (χ2v) is 11.5. The summed E-state index contributed by atoms with van der Waals surface area (Å²) in [5.41, 5.74) is 0.399. The number of hydrogen-bond donors (Lipinski definition) is 1. The van der Waals surface area contributed by atoms with E-state index in [1.54, 1.807) is 0 Å². The summed E-state index contributed by atoms with van der Waals surface area (Å²) in [4.78, 5) is 0. The van der Waals surface area contributed by atoms with Crippen LogP contribution in [0.25, 0.3) is 0 Å². The topological polar surface area (TPSA) is 66.4 Å². The van der Waals surface area contributed by atoms with Crippen LogP contribution >= 0.6 is 0 Å². The van der Waals surface area contributed by atoms with Gasteiger partial charge < -0.3 is 28.8 Å². The van der Waals surface area contributed by atoms with E-state index in [-0.39, 0.29) is 19.8 Å². The standard InChI is InChI=1S/C37H42O6/c1-35(40-25-30-18-10-5-11-19-30)33(28-39-24-29-16-8-4-9-17-29)43-34(38)36(2,41-26-31-20-12-6-13-21-31)37(35,3)42-27-32-22-14-7-15-23-32/h4-23,33-34,38H,24-28H2,1-3H3/t33-,34-,35-,36+,37+/m1/s1. The van der Waals surface area contributed by atoms with Gasteiger partial charge in [0.15, 0.2) is 6.29 Å². The fourth-order valence-corrected chi connectivity index (χ4v) is 5.65. The summed E-state index contributed by atoms with van der Waals surface area (Å²) in [5, 5.41) is 11.7. The van der Waals surface area contributed by atoms with Crippen LogP contribution in [0.15, 0.2) is 121 Å². The van der Waals surface area contributed by atoms with E-state index in [0.29, 0.717) is 13.2 Å². The molecule has 6 heteroatoms. The SMILES string of the molecule is C[C@@]1(OCc2ccccc2)[C@@](C)(OCc2ccccc2)[C@H](O)O[C@H](COCc2ccccc2)[C@@]1(C)OCc1ccccc1. The first-order valence-corrected chi connectivity index (χ1v) is 14.8. The lowest BCUT2D eigenvalue weighted by Gasteiger charge is -2.61. The van der Waals surface area contributed by atoms with Crippen LogP contribution in [-0.4, -0.2) is 40.9 Å². The van der Waals surface area contributed by atoms with Crippen molar-refractivity contribution >= 4 is 0 Å². The Bertz CT molecular complexity index is 1390. The van der Waals surface area contributed by atoms with Gasteiger partial charge in [0, 0.05) is 0 Å². The van der Waals surface area contributed by atoms with Crippen molar-refractivity contribution in [3.63, 3.8) is 0 Å². The first-order chi connectivity index (χ1) is 20.8. The summed E-state index contributed by atoms with van der Waals surface area (Å²) in [6.07, 6.45) is -2.00. The van der Waals surface area contributed by atoms with Crippen LogP contribution in [0.2, 0.25) is 0 Å². The molecule has 0 aromatic heterocycles. The summed E-state index contributed by atoms with van der Waals surface area (Å²) in [7, 11) is 0. The molecule has 1 N–H and O–H groups in total. The molecular weight excluding hydrogens is 540 g/mol. The van der Waals surface area contributed by atoms with E-state index in [4.69, 9.17) is 23.7 Å². The van der Waals surface area contributed by atoms with Gasteiger partial charge in [-0.25, -0.2) is 0 Å². The molecule has 0 unspecified atom stereocenters. The van der Waals surface area contributed by atoms with E-state index in [9.17, 15) is 5.11 Å². The smallest absolute Gasteiger partial charge is 0.187 e. The molecule has 0 aliphatic carbocycles. The van der Waals surface area contributed by atoms with Crippen LogP contribution in [-0.2, 0) is 50.1 Å². The molecule has 1 fully saturated rings. The fraction of sp³-hybridized carbons (Fsp3) is 0.351. The number of aliphatic hydroxyl groups is 1. The first-order valence-electron chi connectivity index (χ1n) is 14.8. The summed E-state index contributed by atoms with van der Waals surface area (Å²) in [6, 6.07) is 39.8. The molecular formula is C37H42O6. The van der Waals surface area contributed by atoms with Gasteiger partial charge in [0.05, 0.1) is 33.0 Å². The maximum Gasteiger partial charge on any atom is 0.187 e. The lowest BCUT2D eigenvalue weighted by atomic mass is 9.67. The third-order valence-electron chi connectivity index (χ3n) is 8.79. The monoisotopic (exact) mass is 582 g/mol. The van der Waals surface area contributed by atoms with Crippen LogP contribution in [0.1, 0.15) is 43.0 Å². The Morgan fingerprint density at radius 3 is 1.35 bits per heavy atom. The minimum atomic E-state index is -1.32. The van der Waals surface area contributed by atoms with E-state index in [0.717, 1.165) is 22.3 Å². The van der Waals surface area contributed by atoms with Crippen molar-refractivity contribution in [2.75, 3.05) is 6.61 Å². The predicted octanol–water partition coefficient (Wildman–Crippen LogP) is 6.85. The fourth-order valence-electron chi connectivity index (χ4n) is 5.65. The average molecular weight is 583 g/mol. The lowest BCUT2D eigenvalue weighted by Crippen LogP contribution is -2.79. The predicted molar refractivity (Wildman–Crippen MR) is 166 cm³/mol. The highest BCUT2D eigenvalue weighted by Crippen LogP contribution is 2.51. The lowest BCUT2D eigenvalue weighted by molar-refractivity contribution is -0.412. The Kier molecular flexibility index (Phi) is 10.1. The zero-order valence-electron chi connectivity index (χ0n) is 25.2. The summed E-state index contributed by atoms with van der Waals surface area (Å²) in [5.74, 6) is 0. The normalized spacial score (nSPS) is 27.2. The van der Waals surface area contributed by atoms with Gasteiger partial charge in [0.1, 0.15) is 22.9 Å². The van der Waals surface area contributed by atoms with Crippen molar-refractivity contribution in [1.29, 1.82) is 0 Å². The Hall–Kier alpha value is -3.36. The molecule has 0 bridgehead atoms. The van der Waals surface area contributed by atoms with Gasteiger partial charge in [-0.15, -0.1) is 0 Å². The second-order valence-electron chi connectivity index (χ2n) is 11.5.